The zero-order valence-electron chi connectivity index (χ0n) is 14.7. The van der Waals surface area contributed by atoms with Gasteiger partial charge in [-0.3, -0.25) is 4.90 Å². The van der Waals surface area contributed by atoms with Gasteiger partial charge in [-0.15, -0.1) is 0 Å². The third kappa shape index (κ3) is 5.38. The summed E-state index contributed by atoms with van der Waals surface area (Å²) in [4.78, 5) is 6.60. The summed E-state index contributed by atoms with van der Waals surface area (Å²) >= 11 is 0. The summed E-state index contributed by atoms with van der Waals surface area (Å²) in [6.07, 6.45) is 2.23. The monoisotopic (exact) mass is 355 g/mol. The minimum absolute atomic E-state index is 0.0401. The molecule has 6 nitrogen and oxygen atoms in total. The molecular formula is C17H23F2N3O3. The highest BCUT2D eigenvalue weighted by Crippen LogP contribution is 2.32. The number of halogens is 2. The first-order valence-electron chi connectivity index (χ1n) is 8.25. The van der Waals surface area contributed by atoms with Crippen molar-refractivity contribution in [2.75, 3.05) is 20.2 Å². The first kappa shape index (κ1) is 19.1. The molecular weight excluding hydrogens is 332 g/mol. The molecule has 0 radical (unpaired) electrons. The van der Waals surface area contributed by atoms with Crippen molar-refractivity contribution in [2.24, 2.45) is 0 Å². The Hall–Kier alpha value is -2.22. The second kappa shape index (κ2) is 9.31. The topological polar surface area (TPSA) is 60.6 Å². The van der Waals surface area contributed by atoms with Gasteiger partial charge in [-0.2, -0.15) is 13.8 Å². The number of rotatable bonds is 10. The summed E-state index contributed by atoms with van der Waals surface area (Å²) in [5.74, 6) is 1.03. The number of methoxy groups -OCH3 is 1. The minimum atomic E-state index is -2.92. The molecule has 0 bridgehead atoms. The minimum Gasteiger partial charge on any atom is -0.493 e. The molecule has 0 amide bonds. The first-order chi connectivity index (χ1) is 12.1. The second-order valence-electron chi connectivity index (χ2n) is 5.48. The molecule has 0 aliphatic carbocycles. The van der Waals surface area contributed by atoms with Crippen LogP contribution in [0.5, 0.6) is 11.5 Å². The maximum atomic E-state index is 12.4. The molecule has 0 aliphatic heterocycles. The Morgan fingerprint density at radius 2 is 2.04 bits per heavy atom. The Bertz CT molecular complexity index is 664. The number of unbranched alkanes of at least 4 members (excludes halogenated alkanes) is 1. The van der Waals surface area contributed by atoms with Gasteiger partial charge in [0.05, 0.1) is 13.7 Å². The Kier molecular flexibility index (Phi) is 7.12. The van der Waals surface area contributed by atoms with E-state index < -0.39 is 6.61 Å². The van der Waals surface area contributed by atoms with Crippen LogP contribution in [0.4, 0.5) is 8.78 Å². The van der Waals surface area contributed by atoms with E-state index in [-0.39, 0.29) is 11.5 Å². The van der Waals surface area contributed by atoms with Crippen LogP contribution < -0.4 is 9.47 Å². The van der Waals surface area contributed by atoms with Crippen molar-refractivity contribution in [2.45, 2.75) is 39.8 Å². The number of ether oxygens (including phenoxy) is 2. The average molecular weight is 355 g/mol. The van der Waals surface area contributed by atoms with Crippen molar-refractivity contribution in [1.29, 1.82) is 0 Å². The lowest BCUT2D eigenvalue weighted by Gasteiger charge is -2.17. The maximum absolute atomic E-state index is 12.4. The maximum Gasteiger partial charge on any atom is 0.387 e. The zero-order chi connectivity index (χ0) is 18.2. The standard InChI is InChI=1S/C17H23F2N3O3/c1-4-6-9-22(5-2)11-15-20-16(21-25-15)12-7-8-13(24-17(18)19)14(10-12)23-3/h7-8,10,17H,4-6,9,11H2,1-3H3. The molecule has 0 atom stereocenters. The fourth-order valence-electron chi connectivity index (χ4n) is 2.36. The number of alkyl halides is 2. The van der Waals surface area contributed by atoms with Crippen molar-refractivity contribution in [3.8, 4) is 22.9 Å². The van der Waals surface area contributed by atoms with Crippen LogP contribution >= 0.6 is 0 Å². The van der Waals surface area contributed by atoms with Crippen LogP contribution in [0.3, 0.4) is 0 Å². The van der Waals surface area contributed by atoms with Gasteiger partial charge >= 0.3 is 6.61 Å². The summed E-state index contributed by atoms with van der Waals surface area (Å²) in [5.41, 5.74) is 0.602. The molecule has 0 unspecified atom stereocenters. The zero-order valence-corrected chi connectivity index (χ0v) is 14.7. The van der Waals surface area contributed by atoms with Crippen molar-refractivity contribution < 1.29 is 22.8 Å². The predicted molar refractivity (Wildman–Crippen MR) is 88.8 cm³/mol. The van der Waals surface area contributed by atoms with Crippen LogP contribution in [0.2, 0.25) is 0 Å². The van der Waals surface area contributed by atoms with E-state index in [1.165, 1.54) is 13.2 Å². The van der Waals surface area contributed by atoms with Gasteiger partial charge in [-0.1, -0.05) is 25.4 Å². The third-order valence-electron chi connectivity index (χ3n) is 3.74. The quantitative estimate of drug-likeness (QED) is 0.643. The Balaban J connectivity index is 2.13. The van der Waals surface area contributed by atoms with Crippen molar-refractivity contribution in [1.82, 2.24) is 15.0 Å². The molecule has 1 aromatic heterocycles. The van der Waals surface area contributed by atoms with E-state index in [1.54, 1.807) is 12.1 Å². The average Bonchev–Trinajstić information content (AvgIpc) is 3.07. The predicted octanol–water partition coefficient (Wildman–Crippen LogP) is 3.97. The van der Waals surface area contributed by atoms with Crippen LogP contribution in [0.15, 0.2) is 22.7 Å². The molecule has 0 saturated carbocycles. The van der Waals surface area contributed by atoms with Gasteiger partial charge in [0.15, 0.2) is 11.5 Å². The molecule has 0 spiro atoms. The molecule has 8 heteroatoms. The number of benzene rings is 1. The van der Waals surface area contributed by atoms with E-state index >= 15 is 0 Å². The highest BCUT2D eigenvalue weighted by Gasteiger charge is 2.16. The molecule has 0 fully saturated rings. The summed E-state index contributed by atoms with van der Waals surface area (Å²) in [7, 11) is 1.38. The van der Waals surface area contributed by atoms with Crippen molar-refractivity contribution >= 4 is 0 Å². The van der Waals surface area contributed by atoms with E-state index in [0.29, 0.717) is 23.8 Å². The Morgan fingerprint density at radius 1 is 1.24 bits per heavy atom. The SMILES string of the molecule is CCCCN(CC)Cc1nc(-c2ccc(OC(F)F)c(OC)c2)no1. The van der Waals surface area contributed by atoms with Gasteiger partial charge in [0.1, 0.15) is 0 Å². The van der Waals surface area contributed by atoms with Crippen LogP contribution in [0.1, 0.15) is 32.6 Å². The van der Waals surface area contributed by atoms with E-state index in [0.717, 1.165) is 25.9 Å². The van der Waals surface area contributed by atoms with Gasteiger partial charge in [0, 0.05) is 5.56 Å². The molecule has 2 rings (SSSR count). The van der Waals surface area contributed by atoms with E-state index in [9.17, 15) is 8.78 Å². The van der Waals surface area contributed by atoms with Gasteiger partial charge < -0.3 is 14.0 Å². The molecule has 0 N–H and O–H groups in total. The first-order valence-corrected chi connectivity index (χ1v) is 8.25. The molecule has 1 aromatic carbocycles. The van der Waals surface area contributed by atoms with E-state index in [2.05, 4.69) is 33.6 Å². The van der Waals surface area contributed by atoms with E-state index in [4.69, 9.17) is 9.26 Å². The highest BCUT2D eigenvalue weighted by atomic mass is 19.3. The lowest BCUT2D eigenvalue weighted by molar-refractivity contribution is -0.0512. The summed E-state index contributed by atoms with van der Waals surface area (Å²) in [5, 5.41) is 3.96. The summed E-state index contributed by atoms with van der Waals surface area (Å²) in [6.45, 7) is 3.75. The molecule has 25 heavy (non-hydrogen) atoms. The smallest absolute Gasteiger partial charge is 0.387 e. The van der Waals surface area contributed by atoms with Gasteiger partial charge in [0.2, 0.25) is 11.7 Å². The lowest BCUT2D eigenvalue weighted by Crippen LogP contribution is -2.24. The summed E-state index contributed by atoms with van der Waals surface area (Å²) in [6, 6.07) is 4.53. The molecule has 0 saturated heterocycles. The highest BCUT2D eigenvalue weighted by molar-refractivity contribution is 5.60. The number of hydrogen-bond donors (Lipinski definition) is 0. The second-order valence-corrected chi connectivity index (χ2v) is 5.48. The molecule has 138 valence electrons. The van der Waals surface area contributed by atoms with Crippen LogP contribution in [0, 0.1) is 0 Å². The van der Waals surface area contributed by atoms with Crippen LogP contribution in [-0.2, 0) is 6.54 Å². The third-order valence-corrected chi connectivity index (χ3v) is 3.74. The number of aromatic nitrogens is 2. The fourth-order valence-corrected chi connectivity index (χ4v) is 2.36. The molecule has 0 aliphatic rings. The molecule has 2 aromatic rings. The Labute approximate surface area is 145 Å². The van der Waals surface area contributed by atoms with Gasteiger partial charge in [-0.25, -0.2) is 0 Å². The van der Waals surface area contributed by atoms with Crippen LogP contribution in [0.25, 0.3) is 11.4 Å². The van der Waals surface area contributed by atoms with Crippen molar-refractivity contribution in [3.05, 3.63) is 24.1 Å². The van der Waals surface area contributed by atoms with Crippen molar-refractivity contribution in [3.63, 3.8) is 0 Å². The Morgan fingerprint density at radius 3 is 2.68 bits per heavy atom. The fraction of sp³-hybridized carbons (Fsp3) is 0.529. The summed E-state index contributed by atoms with van der Waals surface area (Å²) < 4.78 is 39.6. The van der Waals surface area contributed by atoms with E-state index in [1.807, 2.05) is 0 Å². The van der Waals surface area contributed by atoms with Gasteiger partial charge in [0.25, 0.3) is 0 Å². The van der Waals surface area contributed by atoms with Gasteiger partial charge in [-0.05, 0) is 37.7 Å². The lowest BCUT2D eigenvalue weighted by atomic mass is 10.2. The van der Waals surface area contributed by atoms with Crippen LogP contribution in [-0.4, -0.2) is 41.9 Å². The number of nitrogens with zero attached hydrogens (tertiary/aromatic N) is 3. The number of hydrogen-bond acceptors (Lipinski definition) is 6. The normalized spacial score (nSPS) is 11.3. The largest absolute Gasteiger partial charge is 0.493 e. The molecule has 1 heterocycles.